The van der Waals surface area contributed by atoms with Crippen LogP contribution in [0.3, 0.4) is 0 Å². The molecule has 0 amide bonds. The van der Waals surface area contributed by atoms with E-state index in [4.69, 9.17) is 26.3 Å². The fraction of sp³-hybridized carbons (Fsp3) is 0.379. The average Bonchev–Trinajstić information content (AvgIpc) is 2.83. The maximum atomic E-state index is 6.45. The SMILES string of the molecule is C[C@H]1CN(Cc2nc(Nc3ccc(C(C)(C)C)nc3)c3ccc(-c4ncccc4Cl)cc3n2)C[C@H](C)O1. The van der Waals surface area contributed by atoms with Crippen molar-refractivity contribution < 1.29 is 4.74 Å². The van der Waals surface area contributed by atoms with E-state index in [0.29, 0.717) is 11.6 Å². The smallest absolute Gasteiger partial charge is 0.145 e. The minimum absolute atomic E-state index is 0.0110. The van der Waals surface area contributed by atoms with Gasteiger partial charge in [0.1, 0.15) is 11.6 Å². The molecule has 1 aliphatic heterocycles. The molecular weight excluding hydrogens is 484 g/mol. The minimum Gasteiger partial charge on any atom is -0.373 e. The molecular formula is C29H33ClN6O. The number of rotatable bonds is 5. The second kappa shape index (κ2) is 10.3. The van der Waals surface area contributed by atoms with Gasteiger partial charge in [-0.25, -0.2) is 9.97 Å². The number of anilines is 2. The van der Waals surface area contributed by atoms with Crippen molar-refractivity contribution in [2.75, 3.05) is 18.4 Å². The lowest BCUT2D eigenvalue weighted by molar-refractivity contribution is -0.0710. The first kappa shape index (κ1) is 25.5. The molecule has 0 saturated carbocycles. The first-order chi connectivity index (χ1) is 17.7. The van der Waals surface area contributed by atoms with Crippen molar-refractivity contribution in [1.82, 2.24) is 24.8 Å². The Kier molecular flexibility index (Phi) is 7.12. The number of fused-ring (bicyclic) bond motifs is 1. The third-order valence-corrected chi connectivity index (χ3v) is 6.74. The van der Waals surface area contributed by atoms with Gasteiger partial charge in [-0.3, -0.25) is 14.9 Å². The average molecular weight is 517 g/mol. The first-order valence-electron chi connectivity index (χ1n) is 12.7. The fourth-order valence-electron chi connectivity index (χ4n) is 4.75. The van der Waals surface area contributed by atoms with E-state index in [1.807, 2.05) is 36.5 Å². The zero-order valence-corrected chi connectivity index (χ0v) is 22.8. The van der Waals surface area contributed by atoms with Crippen molar-refractivity contribution in [2.45, 2.75) is 58.8 Å². The summed E-state index contributed by atoms with van der Waals surface area (Å²) >= 11 is 6.45. The lowest BCUT2D eigenvalue weighted by Gasteiger charge is -2.34. The Morgan fingerprint density at radius 1 is 1.03 bits per heavy atom. The molecule has 2 atom stereocenters. The van der Waals surface area contributed by atoms with E-state index in [1.165, 1.54) is 0 Å². The maximum absolute atomic E-state index is 6.45. The molecule has 1 fully saturated rings. The first-order valence-corrected chi connectivity index (χ1v) is 13.1. The van der Waals surface area contributed by atoms with E-state index in [-0.39, 0.29) is 17.6 Å². The number of aromatic nitrogens is 4. The van der Waals surface area contributed by atoms with Gasteiger partial charge < -0.3 is 10.1 Å². The summed E-state index contributed by atoms with van der Waals surface area (Å²) in [4.78, 5) is 21.4. The van der Waals surface area contributed by atoms with Crippen LogP contribution in [0.4, 0.5) is 11.5 Å². The van der Waals surface area contributed by atoms with Gasteiger partial charge in [0.05, 0.1) is 46.9 Å². The molecule has 4 heterocycles. The van der Waals surface area contributed by atoms with Crippen LogP contribution in [0.5, 0.6) is 0 Å². The van der Waals surface area contributed by atoms with Gasteiger partial charge in [0.2, 0.25) is 0 Å². The molecule has 0 aliphatic carbocycles. The number of hydrogen-bond acceptors (Lipinski definition) is 7. The molecule has 1 N–H and O–H groups in total. The number of pyridine rings is 2. The van der Waals surface area contributed by atoms with Crippen LogP contribution in [0.1, 0.15) is 46.1 Å². The van der Waals surface area contributed by atoms with Gasteiger partial charge in [-0.2, -0.15) is 0 Å². The standard InChI is InChI=1S/C29H33ClN6O/c1-18-15-36(16-19(2)37-18)17-26-34-24-13-20(27-23(30)7-6-12-31-27)8-10-22(24)28(35-26)33-21-9-11-25(32-14-21)29(3,4)5/h6-14,18-19H,15-17H2,1-5H3,(H,33,34,35)/t18-,19-/m0/s1. The highest BCUT2D eigenvalue weighted by Crippen LogP contribution is 2.31. The van der Waals surface area contributed by atoms with Crippen LogP contribution in [0.15, 0.2) is 54.9 Å². The van der Waals surface area contributed by atoms with Gasteiger partial charge in [-0.05, 0) is 50.2 Å². The predicted molar refractivity (Wildman–Crippen MR) is 149 cm³/mol. The summed E-state index contributed by atoms with van der Waals surface area (Å²) in [5.41, 5.74) is 4.39. The number of morpholine rings is 1. The molecule has 7 nitrogen and oxygen atoms in total. The molecule has 0 bridgehead atoms. The molecule has 5 rings (SSSR count). The van der Waals surface area contributed by atoms with Crippen LogP contribution in [-0.4, -0.2) is 50.1 Å². The number of hydrogen-bond donors (Lipinski definition) is 1. The lowest BCUT2D eigenvalue weighted by atomic mass is 9.92. The Morgan fingerprint density at radius 3 is 2.49 bits per heavy atom. The van der Waals surface area contributed by atoms with Gasteiger partial charge in [0.25, 0.3) is 0 Å². The fourth-order valence-corrected chi connectivity index (χ4v) is 4.98. The van der Waals surface area contributed by atoms with E-state index in [1.54, 1.807) is 6.20 Å². The molecule has 1 saturated heterocycles. The molecule has 0 radical (unpaired) electrons. The number of nitrogens with one attached hydrogen (secondary N) is 1. The Labute approximate surface area is 223 Å². The number of halogens is 1. The zero-order valence-electron chi connectivity index (χ0n) is 22.0. The molecule has 0 spiro atoms. The summed E-state index contributed by atoms with van der Waals surface area (Å²) in [5.74, 6) is 1.50. The molecule has 1 aromatic carbocycles. The minimum atomic E-state index is -0.0110. The molecule has 0 unspecified atom stereocenters. The van der Waals surface area contributed by atoms with Crippen LogP contribution >= 0.6 is 11.6 Å². The van der Waals surface area contributed by atoms with E-state index >= 15 is 0 Å². The summed E-state index contributed by atoms with van der Waals surface area (Å²) in [6.07, 6.45) is 3.96. The lowest BCUT2D eigenvalue weighted by Crippen LogP contribution is -2.45. The van der Waals surface area contributed by atoms with Crippen LogP contribution in [0.25, 0.3) is 22.2 Å². The van der Waals surface area contributed by atoms with Crippen molar-refractivity contribution in [1.29, 1.82) is 0 Å². The highest BCUT2D eigenvalue weighted by Gasteiger charge is 2.23. The van der Waals surface area contributed by atoms with E-state index in [2.05, 4.69) is 66.9 Å². The Morgan fingerprint density at radius 2 is 1.81 bits per heavy atom. The summed E-state index contributed by atoms with van der Waals surface area (Å²) in [6, 6.07) is 13.9. The molecule has 192 valence electrons. The quantitative estimate of drug-likeness (QED) is 0.329. The van der Waals surface area contributed by atoms with Crippen molar-refractivity contribution in [2.24, 2.45) is 0 Å². The summed E-state index contributed by atoms with van der Waals surface area (Å²) in [6.45, 7) is 13.0. The molecule has 1 aliphatic rings. The van der Waals surface area contributed by atoms with Gasteiger partial charge in [0.15, 0.2) is 0 Å². The third-order valence-electron chi connectivity index (χ3n) is 6.43. The Balaban J connectivity index is 1.54. The number of benzene rings is 1. The van der Waals surface area contributed by atoms with Crippen molar-refractivity contribution in [3.8, 4) is 11.3 Å². The molecule has 3 aromatic heterocycles. The molecule has 4 aromatic rings. The van der Waals surface area contributed by atoms with Crippen LogP contribution in [0, 0.1) is 0 Å². The van der Waals surface area contributed by atoms with Gasteiger partial charge in [-0.15, -0.1) is 0 Å². The van der Waals surface area contributed by atoms with E-state index in [9.17, 15) is 0 Å². The highest BCUT2D eigenvalue weighted by atomic mass is 35.5. The number of nitrogens with zero attached hydrogens (tertiary/aromatic N) is 5. The van der Waals surface area contributed by atoms with Crippen LogP contribution < -0.4 is 5.32 Å². The zero-order chi connectivity index (χ0) is 26.2. The van der Waals surface area contributed by atoms with E-state index < -0.39 is 0 Å². The second-order valence-electron chi connectivity index (χ2n) is 10.8. The Hall–Kier alpha value is -3.13. The molecule has 8 heteroatoms. The maximum Gasteiger partial charge on any atom is 0.145 e. The largest absolute Gasteiger partial charge is 0.373 e. The topological polar surface area (TPSA) is 76.1 Å². The van der Waals surface area contributed by atoms with Crippen molar-refractivity contribution >= 4 is 34.0 Å². The van der Waals surface area contributed by atoms with Gasteiger partial charge in [-0.1, -0.05) is 38.4 Å². The monoisotopic (exact) mass is 516 g/mol. The normalized spacial score (nSPS) is 18.8. The third kappa shape index (κ3) is 5.90. The van der Waals surface area contributed by atoms with Crippen LogP contribution in [0.2, 0.25) is 5.02 Å². The van der Waals surface area contributed by atoms with Gasteiger partial charge >= 0.3 is 0 Å². The van der Waals surface area contributed by atoms with E-state index in [0.717, 1.165) is 58.3 Å². The molecule has 37 heavy (non-hydrogen) atoms. The predicted octanol–water partition coefficient (Wildman–Crippen LogP) is 6.39. The second-order valence-corrected chi connectivity index (χ2v) is 11.2. The summed E-state index contributed by atoms with van der Waals surface area (Å²) < 4.78 is 5.92. The van der Waals surface area contributed by atoms with Crippen molar-refractivity contribution in [3.05, 3.63) is 71.4 Å². The van der Waals surface area contributed by atoms with Crippen LogP contribution in [-0.2, 0) is 16.7 Å². The Bertz CT molecular complexity index is 1390. The highest BCUT2D eigenvalue weighted by molar-refractivity contribution is 6.33. The van der Waals surface area contributed by atoms with Gasteiger partial charge in [0, 0.05) is 41.3 Å². The van der Waals surface area contributed by atoms with Crippen molar-refractivity contribution in [3.63, 3.8) is 0 Å². The summed E-state index contributed by atoms with van der Waals surface area (Å²) in [7, 11) is 0. The number of ether oxygens (including phenoxy) is 1. The summed E-state index contributed by atoms with van der Waals surface area (Å²) in [5, 5.41) is 5.02.